The highest BCUT2D eigenvalue weighted by atomic mass is 35.5. The van der Waals surface area contributed by atoms with E-state index >= 15 is 0 Å². The molecule has 1 aliphatic heterocycles. The molecule has 1 unspecified atom stereocenters. The van der Waals surface area contributed by atoms with Gasteiger partial charge < -0.3 is 30.0 Å². The Labute approximate surface area is 254 Å². The summed E-state index contributed by atoms with van der Waals surface area (Å²) < 4.78 is 31.4. The normalized spacial score (nSPS) is 14.3. The molecule has 0 saturated carbocycles. The van der Waals surface area contributed by atoms with Gasteiger partial charge in [0.15, 0.2) is 11.6 Å². The fraction of sp³-hybridized carbons (Fsp3) is 0.367. The summed E-state index contributed by atoms with van der Waals surface area (Å²) in [5.74, 6) is 0.219. The van der Waals surface area contributed by atoms with Gasteiger partial charge in [-0.25, -0.2) is 14.2 Å². The van der Waals surface area contributed by atoms with Crippen LogP contribution in [-0.2, 0) is 4.74 Å². The number of carbonyl (C=O) groups excluding carboxylic acids is 1. The van der Waals surface area contributed by atoms with Crippen LogP contribution in [0, 0.1) is 5.82 Å². The third-order valence-electron chi connectivity index (χ3n) is 6.37. The molecule has 2 aromatic heterocycles. The van der Waals surface area contributed by atoms with Crippen molar-refractivity contribution in [2.24, 2.45) is 0 Å². The van der Waals surface area contributed by atoms with Crippen LogP contribution in [0.4, 0.5) is 15.0 Å². The average molecular weight is 620 g/mol. The Morgan fingerprint density at radius 2 is 1.86 bits per heavy atom. The largest absolute Gasteiger partial charge is 0.489 e. The fourth-order valence-electron chi connectivity index (χ4n) is 4.36. The number of nitrogens with two attached hydrogens (primary N) is 1. The Morgan fingerprint density at radius 1 is 1.17 bits per heavy atom. The number of halogens is 3. The van der Waals surface area contributed by atoms with Crippen molar-refractivity contribution in [1.82, 2.24) is 14.9 Å². The van der Waals surface area contributed by atoms with E-state index in [1.54, 1.807) is 36.4 Å². The van der Waals surface area contributed by atoms with E-state index in [-0.39, 0.29) is 40.9 Å². The van der Waals surface area contributed by atoms with Gasteiger partial charge in [0.1, 0.15) is 35.6 Å². The van der Waals surface area contributed by atoms with E-state index in [9.17, 15) is 14.3 Å². The maximum absolute atomic E-state index is 14.1. The topological polar surface area (TPSA) is 120 Å². The van der Waals surface area contributed by atoms with Crippen LogP contribution in [0.1, 0.15) is 51.5 Å². The van der Waals surface area contributed by atoms with Gasteiger partial charge in [0.25, 0.3) is 0 Å². The summed E-state index contributed by atoms with van der Waals surface area (Å²) in [4.78, 5) is 23.0. The summed E-state index contributed by atoms with van der Waals surface area (Å²) in [6.07, 6.45) is 4.60. The number of amides is 1. The van der Waals surface area contributed by atoms with Crippen molar-refractivity contribution >= 4 is 40.7 Å². The molecule has 0 fully saturated rings. The Morgan fingerprint density at radius 3 is 2.50 bits per heavy atom. The number of aromatic nitrogens is 2. The maximum atomic E-state index is 14.1. The smallest absolute Gasteiger partial charge is 0.410 e. The van der Waals surface area contributed by atoms with Crippen LogP contribution in [0.5, 0.6) is 11.5 Å². The molecular formula is C30H33Cl2FN4O5. The highest BCUT2D eigenvalue weighted by Gasteiger charge is 2.26. The number of ether oxygens (including phenoxy) is 3. The second kappa shape index (κ2) is 13.1. The molecule has 12 heteroatoms. The maximum Gasteiger partial charge on any atom is 0.410 e. The molecule has 224 valence electrons. The van der Waals surface area contributed by atoms with Crippen LogP contribution < -0.4 is 15.2 Å². The highest BCUT2D eigenvalue weighted by molar-refractivity contribution is 6.36. The second-order valence-electron chi connectivity index (χ2n) is 10.7. The number of rotatable bonds is 8. The molecular weight excluding hydrogens is 586 g/mol. The lowest BCUT2D eigenvalue weighted by atomic mass is 10.0. The van der Waals surface area contributed by atoms with Crippen molar-refractivity contribution in [3.05, 3.63) is 69.9 Å². The molecule has 4 rings (SSSR count). The molecule has 3 aromatic rings. The van der Waals surface area contributed by atoms with Crippen molar-refractivity contribution < 1.29 is 28.5 Å². The van der Waals surface area contributed by atoms with E-state index in [0.29, 0.717) is 47.6 Å². The Kier molecular flexibility index (Phi) is 9.81. The van der Waals surface area contributed by atoms with Crippen molar-refractivity contribution in [1.29, 1.82) is 0 Å². The lowest BCUT2D eigenvalue weighted by Gasteiger charge is -2.29. The van der Waals surface area contributed by atoms with Crippen LogP contribution in [0.25, 0.3) is 16.7 Å². The van der Waals surface area contributed by atoms with E-state index in [1.807, 2.05) is 26.8 Å². The molecule has 0 saturated heterocycles. The molecule has 42 heavy (non-hydrogen) atoms. The van der Waals surface area contributed by atoms with Crippen molar-refractivity contribution in [3.63, 3.8) is 0 Å². The quantitative estimate of drug-likeness (QED) is 0.267. The number of aliphatic hydroxyl groups excluding tert-OH is 1. The van der Waals surface area contributed by atoms with E-state index in [1.165, 1.54) is 12.1 Å². The summed E-state index contributed by atoms with van der Waals surface area (Å²) in [5.41, 5.74) is 8.61. The monoisotopic (exact) mass is 618 g/mol. The molecule has 1 amide bonds. The van der Waals surface area contributed by atoms with Crippen LogP contribution in [0.2, 0.25) is 10.0 Å². The van der Waals surface area contributed by atoms with Crippen LogP contribution in [-0.4, -0.2) is 58.0 Å². The molecule has 0 bridgehead atoms. The Balaban J connectivity index is 1.60. The van der Waals surface area contributed by atoms with Gasteiger partial charge in [-0.15, -0.1) is 0 Å². The van der Waals surface area contributed by atoms with Crippen LogP contribution in [0.15, 0.2) is 42.7 Å². The predicted molar refractivity (Wildman–Crippen MR) is 160 cm³/mol. The van der Waals surface area contributed by atoms with Gasteiger partial charge in [0.05, 0.1) is 11.6 Å². The minimum absolute atomic E-state index is 0.0659. The number of nitrogens with zero attached hydrogens (tertiary/aromatic N) is 3. The van der Waals surface area contributed by atoms with E-state index in [4.69, 9.17) is 43.1 Å². The Bertz CT molecular complexity index is 1500. The summed E-state index contributed by atoms with van der Waals surface area (Å²) in [7, 11) is 0. The first-order valence-corrected chi connectivity index (χ1v) is 14.1. The van der Waals surface area contributed by atoms with Gasteiger partial charge in [-0.1, -0.05) is 29.3 Å². The van der Waals surface area contributed by atoms with Gasteiger partial charge in [0.2, 0.25) is 0 Å². The third-order valence-corrected chi connectivity index (χ3v) is 7.09. The number of carbonyl (C=O) groups is 1. The van der Waals surface area contributed by atoms with Crippen LogP contribution >= 0.6 is 23.2 Å². The summed E-state index contributed by atoms with van der Waals surface area (Å²) in [5, 5.41) is 9.53. The van der Waals surface area contributed by atoms with Crippen molar-refractivity contribution in [3.8, 4) is 22.6 Å². The number of anilines is 1. The zero-order valence-corrected chi connectivity index (χ0v) is 25.3. The SMILES string of the molecule is CC(Oc1cc(-c2cnc(C3=CCN(C(=O)OC(C)(C)C)CC3)c(OCCO)c2)cnc1N)c1c(Cl)ccc(F)c1Cl. The number of pyridine rings is 2. The van der Waals surface area contributed by atoms with Crippen molar-refractivity contribution in [2.45, 2.75) is 45.8 Å². The summed E-state index contributed by atoms with van der Waals surface area (Å²) in [6.45, 7) is 7.88. The molecule has 0 aliphatic carbocycles. The highest BCUT2D eigenvalue weighted by Crippen LogP contribution is 2.38. The van der Waals surface area contributed by atoms with E-state index < -0.39 is 17.5 Å². The molecule has 0 radical (unpaired) electrons. The first kappa shape index (κ1) is 31.3. The number of hydrogen-bond acceptors (Lipinski definition) is 8. The minimum atomic E-state index is -0.734. The number of aliphatic hydroxyl groups is 1. The first-order chi connectivity index (χ1) is 19.9. The molecule has 1 atom stereocenters. The van der Waals surface area contributed by atoms with Gasteiger partial charge >= 0.3 is 6.09 Å². The zero-order chi connectivity index (χ0) is 30.6. The Hall–Kier alpha value is -3.60. The second-order valence-corrected chi connectivity index (χ2v) is 11.5. The van der Waals surface area contributed by atoms with Gasteiger partial charge in [-0.2, -0.15) is 0 Å². The van der Waals surface area contributed by atoms with E-state index in [0.717, 1.165) is 5.57 Å². The summed E-state index contributed by atoms with van der Waals surface area (Å²) in [6, 6.07) is 6.07. The molecule has 3 N–H and O–H groups in total. The fourth-order valence-corrected chi connectivity index (χ4v) is 5.04. The molecule has 9 nitrogen and oxygen atoms in total. The molecule has 1 aliphatic rings. The van der Waals surface area contributed by atoms with Crippen LogP contribution in [0.3, 0.4) is 0 Å². The predicted octanol–water partition coefficient (Wildman–Crippen LogP) is 6.71. The number of benzene rings is 1. The number of hydrogen-bond donors (Lipinski definition) is 2. The van der Waals surface area contributed by atoms with Gasteiger partial charge in [-0.05, 0) is 64.0 Å². The van der Waals surface area contributed by atoms with Gasteiger partial charge in [-0.3, -0.25) is 4.98 Å². The average Bonchev–Trinajstić information content (AvgIpc) is 2.94. The first-order valence-electron chi connectivity index (χ1n) is 13.3. The third kappa shape index (κ3) is 7.42. The summed E-state index contributed by atoms with van der Waals surface area (Å²) >= 11 is 12.4. The zero-order valence-electron chi connectivity index (χ0n) is 23.8. The number of nitrogen functional groups attached to an aromatic ring is 1. The standard InChI is InChI=1S/C30H33Cl2FN4O5/c1-17(25-21(31)5-6-22(33)26(25)32)41-24-14-20(16-36-28(24)34)19-13-23(40-12-11-38)27(35-15-19)18-7-9-37(10-8-18)29(39)42-30(2,3)4/h5-7,13-17,38H,8-12H2,1-4H3,(H2,34,36). The van der Waals surface area contributed by atoms with E-state index in [2.05, 4.69) is 9.97 Å². The van der Waals surface area contributed by atoms with Crippen molar-refractivity contribution in [2.75, 3.05) is 32.0 Å². The lowest BCUT2D eigenvalue weighted by molar-refractivity contribution is 0.0270. The lowest BCUT2D eigenvalue weighted by Crippen LogP contribution is -2.39. The minimum Gasteiger partial charge on any atom is -0.489 e. The molecule has 3 heterocycles. The van der Waals surface area contributed by atoms with Gasteiger partial charge in [0, 0.05) is 47.2 Å². The molecule has 1 aromatic carbocycles. The molecule has 0 spiro atoms.